The molecule has 33 heavy (non-hydrogen) atoms. The first-order valence-electron chi connectivity index (χ1n) is 9.56. The van der Waals surface area contributed by atoms with Gasteiger partial charge in [-0.2, -0.15) is 0 Å². The number of thiophene rings is 1. The number of phenolic OH excluding ortho intramolecular Hbond substituents is 1. The van der Waals surface area contributed by atoms with E-state index in [0.29, 0.717) is 5.70 Å². The lowest BCUT2D eigenvalue weighted by atomic mass is 10.2. The number of halogens is 1. The molecular formula is C22H28FN5O3S2. The number of aryl methyl sites for hydroxylation is 1. The second-order valence-corrected chi connectivity index (χ2v) is 8.44. The van der Waals surface area contributed by atoms with Crippen LogP contribution in [0.4, 0.5) is 4.39 Å². The second kappa shape index (κ2) is 14.9. The molecule has 0 radical (unpaired) electrons. The van der Waals surface area contributed by atoms with Crippen molar-refractivity contribution in [1.82, 2.24) is 10.5 Å². The van der Waals surface area contributed by atoms with Crippen molar-refractivity contribution in [2.24, 2.45) is 17.3 Å². The molecule has 0 atom stereocenters. The lowest BCUT2D eigenvalue weighted by Gasteiger charge is -2.12. The fourth-order valence-corrected chi connectivity index (χ4v) is 3.33. The van der Waals surface area contributed by atoms with Crippen LogP contribution in [0.25, 0.3) is 10.4 Å². The minimum absolute atomic E-state index is 0.161. The van der Waals surface area contributed by atoms with E-state index in [1.165, 1.54) is 34.3 Å². The molecule has 0 aliphatic carbocycles. The number of aromatic hydroxyl groups is 1. The van der Waals surface area contributed by atoms with Gasteiger partial charge in [0.25, 0.3) is 5.91 Å². The van der Waals surface area contributed by atoms with Crippen LogP contribution in [0.15, 0.2) is 76.8 Å². The average molecular weight is 494 g/mol. The maximum absolute atomic E-state index is 12.3. The second-order valence-electron chi connectivity index (χ2n) is 6.57. The molecule has 1 amide bonds. The van der Waals surface area contributed by atoms with Crippen molar-refractivity contribution in [1.29, 1.82) is 0 Å². The molecule has 178 valence electrons. The van der Waals surface area contributed by atoms with Crippen LogP contribution < -0.4 is 22.8 Å². The summed E-state index contributed by atoms with van der Waals surface area (Å²) in [7, 11) is 0. The number of benzene rings is 2. The number of hydrogen-bond acceptors (Lipinski definition) is 9. The van der Waals surface area contributed by atoms with Crippen molar-refractivity contribution in [2.75, 3.05) is 13.1 Å². The fourth-order valence-electron chi connectivity index (χ4n) is 2.21. The normalized spacial score (nSPS) is 10.3. The summed E-state index contributed by atoms with van der Waals surface area (Å²) >= 11 is 5.98. The van der Waals surface area contributed by atoms with Gasteiger partial charge in [0.1, 0.15) is 6.54 Å². The summed E-state index contributed by atoms with van der Waals surface area (Å²) in [6.07, 6.45) is 1.31. The molecule has 1 aromatic heterocycles. The first-order valence-corrected chi connectivity index (χ1v) is 10.8. The molecular weight excluding hydrogens is 465 g/mol. The smallest absolute Gasteiger partial charge is 0.264 e. The van der Waals surface area contributed by atoms with Crippen LogP contribution in [-0.2, 0) is 4.79 Å². The molecule has 3 rings (SSSR count). The highest BCUT2D eigenvalue weighted by Gasteiger charge is 2.02. The molecule has 0 bridgehead atoms. The Morgan fingerprint density at radius 1 is 1.21 bits per heavy atom. The lowest BCUT2D eigenvalue weighted by molar-refractivity contribution is -0.129. The largest absolute Gasteiger partial charge is 0.505 e. The van der Waals surface area contributed by atoms with Crippen molar-refractivity contribution in [3.8, 4) is 16.2 Å². The monoisotopic (exact) mass is 493 g/mol. The number of hydroxylamine groups is 1. The highest BCUT2D eigenvalue weighted by Crippen LogP contribution is 2.29. The highest BCUT2D eigenvalue weighted by atomic mass is 32.2. The van der Waals surface area contributed by atoms with Crippen molar-refractivity contribution >= 4 is 29.9 Å². The zero-order valence-corrected chi connectivity index (χ0v) is 19.7. The summed E-state index contributed by atoms with van der Waals surface area (Å²) in [4.78, 5) is 11.8. The van der Waals surface area contributed by atoms with E-state index in [1.54, 1.807) is 24.3 Å². The van der Waals surface area contributed by atoms with Crippen molar-refractivity contribution in [2.45, 2.75) is 11.1 Å². The van der Waals surface area contributed by atoms with Gasteiger partial charge >= 0.3 is 0 Å². The van der Waals surface area contributed by atoms with Gasteiger partial charge in [-0.3, -0.25) is 10.0 Å². The molecule has 0 fully saturated rings. The quantitative estimate of drug-likeness (QED) is 0.125. The first-order chi connectivity index (χ1) is 15.7. The van der Waals surface area contributed by atoms with Crippen molar-refractivity contribution in [3.63, 3.8) is 0 Å². The summed E-state index contributed by atoms with van der Waals surface area (Å²) in [5, 5.41) is 17.8. The molecule has 8 nitrogen and oxygen atoms in total. The Hall–Kier alpha value is -3.09. The Morgan fingerprint density at radius 3 is 2.36 bits per heavy atom. The molecule has 0 unspecified atom stereocenters. The number of rotatable bonds is 5. The van der Waals surface area contributed by atoms with Crippen LogP contribution in [0.2, 0.25) is 0 Å². The third-order valence-corrected chi connectivity index (χ3v) is 5.13. The third kappa shape index (κ3) is 11.4. The fraction of sp³-hybridized carbons (Fsp3) is 0.136. The van der Waals surface area contributed by atoms with Gasteiger partial charge in [-0.1, -0.05) is 36.4 Å². The van der Waals surface area contributed by atoms with Gasteiger partial charge in [-0.05, 0) is 42.3 Å². The topological polar surface area (TPSA) is 151 Å². The number of phenols is 1. The number of nitrogens with two attached hydrogens (primary N) is 3. The molecule has 0 saturated heterocycles. The Balaban J connectivity index is 0.000000250. The molecule has 0 saturated carbocycles. The molecule has 3 aromatic rings. The van der Waals surface area contributed by atoms with E-state index in [-0.39, 0.29) is 18.8 Å². The van der Waals surface area contributed by atoms with Crippen LogP contribution in [0.1, 0.15) is 5.56 Å². The van der Waals surface area contributed by atoms with E-state index < -0.39 is 11.7 Å². The maximum atomic E-state index is 12.3. The maximum Gasteiger partial charge on any atom is 0.264 e. The number of carbonyl (C=O) groups excluding carboxylic acids is 1. The standard InChI is InChI=1S/C10H8S2.C7H7FO.C5H13N5O2/c11-10-7-6-9(12-10)8-4-2-1-3-5-8;1-5-2-3-7(9)6(8)4-5;6-1-4(7)2-10(8)3-5(11)9-12/h1-7,11H;2-4,9H,1H3;2,12H,1,3,6-8H2,(H,9,11)/b;;4-2-. The van der Waals surface area contributed by atoms with E-state index in [9.17, 15) is 9.18 Å². The zero-order chi connectivity index (χ0) is 24.8. The molecule has 0 aliphatic heterocycles. The minimum atomic E-state index is -0.626. The summed E-state index contributed by atoms with van der Waals surface area (Å²) in [6.45, 7) is 1.74. The Morgan fingerprint density at radius 2 is 1.88 bits per heavy atom. The van der Waals surface area contributed by atoms with Gasteiger partial charge in [-0.25, -0.2) is 15.7 Å². The molecule has 0 spiro atoms. The summed E-state index contributed by atoms with van der Waals surface area (Å²) in [5.41, 5.74) is 14.3. The predicted molar refractivity (Wildman–Crippen MR) is 132 cm³/mol. The van der Waals surface area contributed by atoms with Crippen molar-refractivity contribution < 1.29 is 19.5 Å². The van der Waals surface area contributed by atoms with E-state index in [4.69, 9.17) is 27.6 Å². The van der Waals surface area contributed by atoms with Gasteiger partial charge in [0.2, 0.25) is 0 Å². The number of hydrogen-bond donors (Lipinski definition) is 7. The Kier molecular flexibility index (Phi) is 12.6. The lowest BCUT2D eigenvalue weighted by Crippen LogP contribution is -2.37. The van der Waals surface area contributed by atoms with Crippen LogP contribution in [0, 0.1) is 12.7 Å². The Bertz CT molecular complexity index is 1030. The van der Waals surface area contributed by atoms with Crippen molar-refractivity contribution in [3.05, 3.63) is 83.9 Å². The SMILES string of the molecule is Cc1ccc(O)c(F)c1.NC/C(N)=C/N(N)CC(=O)NO.Sc1ccc(-c2ccccc2)s1. The van der Waals surface area contributed by atoms with E-state index >= 15 is 0 Å². The highest BCUT2D eigenvalue weighted by molar-refractivity contribution is 7.83. The van der Waals surface area contributed by atoms with Gasteiger partial charge < -0.3 is 21.6 Å². The number of carbonyl (C=O) groups is 1. The summed E-state index contributed by atoms with van der Waals surface area (Å²) < 4.78 is 13.4. The molecule has 2 aromatic carbocycles. The predicted octanol–water partition coefficient (Wildman–Crippen LogP) is 2.97. The van der Waals surface area contributed by atoms with Crippen LogP contribution >= 0.6 is 24.0 Å². The van der Waals surface area contributed by atoms with Gasteiger partial charge in [0.15, 0.2) is 11.6 Å². The minimum Gasteiger partial charge on any atom is -0.505 e. The molecule has 0 aliphatic rings. The van der Waals surface area contributed by atoms with Gasteiger partial charge in [-0.15, -0.1) is 24.0 Å². The van der Waals surface area contributed by atoms with E-state index in [1.807, 2.05) is 24.3 Å². The average Bonchev–Trinajstić information content (AvgIpc) is 3.24. The van der Waals surface area contributed by atoms with Gasteiger partial charge in [0, 0.05) is 23.3 Å². The first kappa shape index (κ1) is 27.9. The Labute approximate surface area is 201 Å². The summed E-state index contributed by atoms with van der Waals surface area (Å²) in [5.74, 6) is 3.80. The molecule has 9 N–H and O–H groups in total. The molecule has 11 heteroatoms. The number of nitrogens with one attached hydrogen (secondary N) is 1. The number of nitrogens with zero attached hydrogens (tertiary/aromatic N) is 1. The van der Waals surface area contributed by atoms with Crippen LogP contribution in [0.3, 0.4) is 0 Å². The van der Waals surface area contributed by atoms with Crippen LogP contribution in [0.5, 0.6) is 5.75 Å². The van der Waals surface area contributed by atoms with E-state index in [2.05, 4.69) is 30.8 Å². The number of hydrazine groups is 1. The number of amides is 1. The zero-order valence-electron chi connectivity index (χ0n) is 18.0. The van der Waals surface area contributed by atoms with E-state index in [0.717, 1.165) is 14.8 Å². The number of thiol groups is 1. The van der Waals surface area contributed by atoms with Crippen LogP contribution in [-0.4, -0.2) is 34.3 Å². The molecule has 1 heterocycles. The summed E-state index contributed by atoms with van der Waals surface area (Å²) in [6, 6.07) is 18.7. The van der Waals surface area contributed by atoms with Gasteiger partial charge in [0.05, 0.1) is 4.21 Å². The third-order valence-electron chi connectivity index (χ3n) is 3.77.